The summed E-state index contributed by atoms with van der Waals surface area (Å²) in [4.78, 5) is 0. The van der Waals surface area contributed by atoms with Gasteiger partial charge in [0.2, 0.25) is 0 Å². The molecule has 0 radical (unpaired) electrons. The minimum atomic E-state index is 0.677. The van der Waals surface area contributed by atoms with E-state index in [1.165, 1.54) is 5.69 Å². The highest BCUT2D eigenvalue weighted by atomic mass is 16.5. The molecule has 0 saturated carbocycles. The summed E-state index contributed by atoms with van der Waals surface area (Å²) in [6.45, 7) is 6.87. The van der Waals surface area contributed by atoms with Gasteiger partial charge in [-0.2, -0.15) is 5.10 Å². The maximum atomic E-state index is 5.52. The average molecular weight is 333 g/mol. The highest BCUT2D eigenvalue weighted by Crippen LogP contribution is 2.22. The molecule has 0 bridgehead atoms. The van der Waals surface area contributed by atoms with Gasteiger partial charge in [-0.1, -0.05) is 18.2 Å². The van der Waals surface area contributed by atoms with Gasteiger partial charge in [-0.25, -0.2) is 0 Å². The van der Waals surface area contributed by atoms with Crippen LogP contribution in [0.4, 0.5) is 5.69 Å². The Balaban J connectivity index is 1.80. The van der Waals surface area contributed by atoms with Gasteiger partial charge < -0.3 is 9.30 Å². The van der Waals surface area contributed by atoms with Crippen LogP contribution < -0.4 is 10.2 Å². The van der Waals surface area contributed by atoms with Crippen molar-refractivity contribution in [1.29, 1.82) is 0 Å². The maximum Gasteiger partial charge on any atom is 0.119 e. The topological polar surface area (TPSA) is 38.5 Å². The van der Waals surface area contributed by atoms with E-state index >= 15 is 0 Å². The minimum Gasteiger partial charge on any atom is -0.494 e. The second kappa shape index (κ2) is 7.71. The summed E-state index contributed by atoms with van der Waals surface area (Å²) in [6.07, 6.45) is 1.86. The molecule has 0 aliphatic heterocycles. The molecule has 3 rings (SSSR count). The van der Waals surface area contributed by atoms with Crippen LogP contribution in [0, 0.1) is 13.8 Å². The van der Waals surface area contributed by atoms with E-state index in [2.05, 4.69) is 47.1 Å². The molecule has 0 unspecified atom stereocenters. The molecule has 1 heterocycles. The normalized spacial score (nSPS) is 11.0. The van der Waals surface area contributed by atoms with Crippen LogP contribution >= 0.6 is 0 Å². The predicted molar refractivity (Wildman–Crippen MR) is 104 cm³/mol. The molecular formula is C21H23N3O. The molecule has 1 aromatic heterocycles. The summed E-state index contributed by atoms with van der Waals surface area (Å²) in [6, 6.07) is 20.2. The van der Waals surface area contributed by atoms with Gasteiger partial charge in [0.25, 0.3) is 0 Å². The number of anilines is 1. The third-order valence-corrected chi connectivity index (χ3v) is 4.05. The Morgan fingerprint density at radius 1 is 1.04 bits per heavy atom. The van der Waals surface area contributed by atoms with Crippen LogP contribution in [0.3, 0.4) is 0 Å². The van der Waals surface area contributed by atoms with Crippen LogP contribution in [0.2, 0.25) is 0 Å². The third-order valence-electron chi connectivity index (χ3n) is 4.05. The fraction of sp³-hybridized carbons (Fsp3) is 0.190. The summed E-state index contributed by atoms with van der Waals surface area (Å²) < 4.78 is 7.74. The van der Waals surface area contributed by atoms with Crippen LogP contribution in [0.15, 0.2) is 65.8 Å². The number of nitrogens with one attached hydrogen (secondary N) is 1. The Labute approximate surface area is 148 Å². The monoisotopic (exact) mass is 333 g/mol. The third kappa shape index (κ3) is 3.91. The Bertz CT molecular complexity index is 849. The lowest BCUT2D eigenvalue weighted by molar-refractivity contribution is 0.340. The zero-order valence-electron chi connectivity index (χ0n) is 14.9. The molecule has 3 aromatic rings. The lowest BCUT2D eigenvalue weighted by atomic mass is 10.2. The molecule has 1 N–H and O–H groups in total. The average Bonchev–Trinajstić information content (AvgIpc) is 2.91. The Morgan fingerprint density at radius 2 is 1.76 bits per heavy atom. The van der Waals surface area contributed by atoms with Crippen molar-refractivity contribution in [3.63, 3.8) is 0 Å². The van der Waals surface area contributed by atoms with Crippen molar-refractivity contribution in [2.75, 3.05) is 12.0 Å². The minimum absolute atomic E-state index is 0.677. The van der Waals surface area contributed by atoms with Crippen LogP contribution in [0.5, 0.6) is 5.75 Å². The number of hydrogen-bond donors (Lipinski definition) is 1. The number of benzene rings is 2. The van der Waals surface area contributed by atoms with E-state index in [1.54, 1.807) is 0 Å². The highest BCUT2D eigenvalue weighted by molar-refractivity contribution is 5.82. The SMILES string of the molecule is CCOc1ccc(-n2c(C)cc(/C=N/Nc3ccccc3)c2C)cc1. The van der Waals surface area contributed by atoms with Gasteiger partial charge in [-0.3, -0.25) is 5.43 Å². The summed E-state index contributed by atoms with van der Waals surface area (Å²) in [5, 5.41) is 4.35. The molecule has 0 saturated heterocycles. The van der Waals surface area contributed by atoms with Crippen LogP contribution in [0.1, 0.15) is 23.9 Å². The predicted octanol–water partition coefficient (Wildman–Crippen LogP) is 4.94. The zero-order valence-corrected chi connectivity index (χ0v) is 14.9. The van der Waals surface area contributed by atoms with Crippen molar-refractivity contribution in [1.82, 2.24) is 4.57 Å². The van der Waals surface area contributed by atoms with Gasteiger partial charge >= 0.3 is 0 Å². The standard InChI is InChI=1S/C21H23N3O/c1-4-25-21-12-10-20(11-13-21)24-16(2)14-18(17(24)3)15-22-23-19-8-6-5-7-9-19/h5-15,23H,4H2,1-3H3/b22-15+. The second-order valence-corrected chi connectivity index (χ2v) is 5.82. The second-order valence-electron chi connectivity index (χ2n) is 5.82. The lowest BCUT2D eigenvalue weighted by Crippen LogP contribution is -2.00. The van der Waals surface area contributed by atoms with E-state index < -0.39 is 0 Å². The van der Waals surface area contributed by atoms with Gasteiger partial charge in [0.1, 0.15) is 5.75 Å². The molecule has 0 aliphatic carbocycles. The summed E-state index contributed by atoms with van der Waals surface area (Å²) >= 11 is 0. The molecule has 0 spiro atoms. The molecule has 0 aliphatic rings. The van der Waals surface area contributed by atoms with E-state index in [0.29, 0.717) is 6.61 Å². The fourth-order valence-electron chi connectivity index (χ4n) is 2.86. The number of aryl methyl sites for hydroxylation is 1. The first-order chi connectivity index (χ1) is 12.2. The van der Waals surface area contributed by atoms with Gasteiger partial charge in [0.05, 0.1) is 18.5 Å². The zero-order chi connectivity index (χ0) is 17.6. The maximum absolute atomic E-state index is 5.52. The first-order valence-corrected chi connectivity index (χ1v) is 8.45. The molecule has 25 heavy (non-hydrogen) atoms. The largest absolute Gasteiger partial charge is 0.494 e. The first kappa shape index (κ1) is 16.8. The van der Waals surface area contributed by atoms with Crippen LogP contribution in [0.25, 0.3) is 5.69 Å². The number of nitrogens with zero attached hydrogens (tertiary/aromatic N) is 2. The number of rotatable bonds is 6. The van der Waals surface area contributed by atoms with Crippen molar-refractivity contribution in [2.24, 2.45) is 5.10 Å². The van der Waals surface area contributed by atoms with Crippen molar-refractivity contribution in [2.45, 2.75) is 20.8 Å². The first-order valence-electron chi connectivity index (χ1n) is 8.45. The number of hydrazone groups is 1. The fourth-order valence-corrected chi connectivity index (χ4v) is 2.86. The summed E-state index contributed by atoms with van der Waals surface area (Å²) in [5.74, 6) is 0.891. The van der Waals surface area contributed by atoms with Crippen LogP contribution in [-0.2, 0) is 0 Å². The van der Waals surface area contributed by atoms with Gasteiger partial charge in [0.15, 0.2) is 0 Å². The van der Waals surface area contributed by atoms with E-state index in [0.717, 1.165) is 28.4 Å². The number of hydrogen-bond acceptors (Lipinski definition) is 3. The molecule has 2 aromatic carbocycles. The molecular weight excluding hydrogens is 310 g/mol. The number of ether oxygens (including phenoxy) is 1. The van der Waals surface area contributed by atoms with E-state index in [-0.39, 0.29) is 0 Å². The van der Waals surface area contributed by atoms with Gasteiger partial charge in [0, 0.05) is 22.6 Å². The molecule has 4 nitrogen and oxygen atoms in total. The van der Waals surface area contributed by atoms with Gasteiger partial charge in [-0.15, -0.1) is 0 Å². The van der Waals surface area contributed by atoms with E-state index in [9.17, 15) is 0 Å². The van der Waals surface area contributed by atoms with Crippen molar-refractivity contribution in [3.8, 4) is 11.4 Å². The van der Waals surface area contributed by atoms with Gasteiger partial charge in [-0.05, 0) is 63.2 Å². The summed E-state index contributed by atoms with van der Waals surface area (Å²) in [7, 11) is 0. The molecule has 0 fully saturated rings. The number of para-hydroxylation sites is 1. The van der Waals surface area contributed by atoms with E-state index in [4.69, 9.17) is 4.74 Å². The molecule has 0 atom stereocenters. The molecule has 0 amide bonds. The van der Waals surface area contributed by atoms with Crippen molar-refractivity contribution >= 4 is 11.9 Å². The number of aromatic nitrogens is 1. The summed E-state index contributed by atoms with van der Waals surface area (Å²) in [5.41, 5.74) is 8.56. The Hall–Kier alpha value is -3.01. The quantitative estimate of drug-likeness (QED) is 0.512. The van der Waals surface area contributed by atoms with Crippen molar-refractivity contribution in [3.05, 3.63) is 77.6 Å². The highest BCUT2D eigenvalue weighted by Gasteiger charge is 2.09. The van der Waals surface area contributed by atoms with Crippen molar-refractivity contribution < 1.29 is 4.74 Å². The van der Waals surface area contributed by atoms with E-state index in [1.807, 2.05) is 55.6 Å². The molecule has 128 valence electrons. The Morgan fingerprint density at radius 3 is 2.44 bits per heavy atom. The smallest absolute Gasteiger partial charge is 0.119 e. The lowest BCUT2D eigenvalue weighted by Gasteiger charge is -2.11. The van der Waals surface area contributed by atoms with Crippen LogP contribution in [-0.4, -0.2) is 17.4 Å². The molecule has 4 heteroatoms. The Kier molecular flexibility index (Phi) is 5.19.